The molecule has 1 fully saturated rings. The van der Waals surface area contributed by atoms with Gasteiger partial charge in [0, 0.05) is 63.8 Å². The second-order valence-electron chi connectivity index (χ2n) is 8.52. The van der Waals surface area contributed by atoms with Crippen LogP contribution in [0.1, 0.15) is 28.0 Å². The molecule has 1 aliphatic heterocycles. The Labute approximate surface area is 201 Å². The second-order valence-corrected chi connectivity index (χ2v) is 8.52. The molecule has 0 unspecified atom stereocenters. The van der Waals surface area contributed by atoms with Crippen LogP contribution in [0.4, 0.5) is 5.69 Å². The minimum Gasteiger partial charge on any atom is -0.368 e. The van der Waals surface area contributed by atoms with Gasteiger partial charge in [-0.2, -0.15) is 0 Å². The van der Waals surface area contributed by atoms with Crippen molar-refractivity contribution in [2.24, 2.45) is 0 Å². The van der Waals surface area contributed by atoms with Gasteiger partial charge in [0.2, 0.25) is 5.91 Å². The number of aryl methyl sites for hydroxylation is 1. The molecule has 7 nitrogen and oxygen atoms in total. The first-order chi connectivity index (χ1) is 16.6. The summed E-state index contributed by atoms with van der Waals surface area (Å²) in [5.41, 5.74) is 3.93. The summed E-state index contributed by atoms with van der Waals surface area (Å²) in [5, 5.41) is 0. The van der Waals surface area contributed by atoms with Crippen molar-refractivity contribution in [3.8, 4) is 0 Å². The maximum absolute atomic E-state index is 13.1. The Hall–Kier alpha value is -3.74. The zero-order valence-corrected chi connectivity index (χ0v) is 19.6. The van der Waals surface area contributed by atoms with Gasteiger partial charge in [-0.05, 0) is 30.5 Å². The SMILES string of the molecule is Cc1ccccc1N1CCN(C(=O)CCN(CCc2ccccc2)C(=O)c2cnccn2)CC1. The lowest BCUT2D eigenvalue weighted by molar-refractivity contribution is -0.131. The number of para-hydroxylation sites is 1. The normalized spacial score (nSPS) is 13.6. The number of carbonyl (C=O) groups excluding carboxylic acids is 2. The Morgan fingerprint density at radius 2 is 1.65 bits per heavy atom. The molecule has 0 spiro atoms. The van der Waals surface area contributed by atoms with Crippen molar-refractivity contribution in [3.63, 3.8) is 0 Å². The van der Waals surface area contributed by atoms with Crippen molar-refractivity contribution in [1.29, 1.82) is 0 Å². The molecule has 1 saturated heterocycles. The Kier molecular flexibility index (Phi) is 7.86. The summed E-state index contributed by atoms with van der Waals surface area (Å²) in [6.07, 6.45) is 5.55. The number of hydrogen-bond donors (Lipinski definition) is 0. The average Bonchev–Trinajstić information content (AvgIpc) is 2.90. The van der Waals surface area contributed by atoms with Crippen LogP contribution < -0.4 is 4.90 Å². The van der Waals surface area contributed by atoms with E-state index >= 15 is 0 Å². The lowest BCUT2D eigenvalue weighted by Gasteiger charge is -2.37. The van der Waals surface area contributed by atoms with E-state index in [1.54, 1.807) is 11.1 Å². The van der Waals surface area contributed by atoms with Gasteiger partial charge >= 0.3 is 0 Å². The first kappa shape index (κ1) is 23.4. The van der Waals surface area contributed by atoms with Gasteiger partial charge in [0.1, 0.15) is 5.69 Å². The van der Waals surface area contributed by atoms with Crippen LogP contribution in [0.25, 0.3) is 0 Å². The topological polar surface area (TPSA) is 69.6 Å². The van der Waals surface area contributed by atoms with Crippen molar-refractivity contribution in [3.05, 3.63) is 90.0 Å². The molecule has 1 aromatic heterocycles. The maximum atomic E-state index is 13.1. The molecule has 0 bridgehead atoms. The molecule has 0 aliphatic carbocycles. The third-order valence-corrected chi connectivity index (χ3v) is 6.27. The molecule has 2 amide bonds. The highest BCUT2D eigenvalue weighted by Gasteiger charge is 2.24. The van der Waals surface area contributed by atoms with Crippen LogP contribution in [0.2, 0.25) is 0 Å². The van der Waals surface area contributed by atoms with Gasteiger partial charge < -0.3 is 14.7 Å². The van der Waals surface area contributed by atoms with Crippen molar-refractivity contribution >= 4 is 17.5 Å². The van der Waals surface area contributed by atoms with E-state index in [0.29, 0.717) is 38.3 Å². The minimum atomic E-state index is -0.193. The number of rotatable bonds is 8. The summed E-state index contributed by atoms with van der Waals surface area (Å²) >= 11 is 0. The van der Waals surface area contributed by atoms with Gasteiger partial charge in [0.05, 0.1) is 6.20 Å². The number of carbonyl (C=O) groups is 2. The molecule has 2 aromatic carbocycles. The number of amides is 2. The van der Waals surface area contributed by atoms with Crippen LogP contribution in [-0.4, -0.2) is 70.9 Å². The van der Waals surface area contributed by atoms with Crippen molar-refractivity contribution in [1.82, 2.24) is 19.8 Å². The number of aromatic nitrogens is 2. The lowest BCUT2D eigenvalue weighted by atomic mass is 10.1. The van der Waals surface area contributed by atoms with E-state index in [-0.39, 0.29) is 11.8 Å². The molecule has 0 saturated carbocycles. The van der Waals surface area contributed by atoms with E-state index in [1.807, 2.05) is 41.3 Å². The molecule has 1 aliphatic rings. The van der Waals surface area contributed by atoms with Crippen LogP contribution in [0.3, 0.4) is 0 Å². The zero-order chi connectivity index (χ0) is 23.8. The second kappa shape index (κ2) is 11.4. The summed E-state index contributed by atoms with van der Waals surface area (Å²) in [4.78, 5) is 40.2. The summed E-state index contributed by atoms with van der Waals surface area (Å²) in [6, 6.07) is 18.4. The van der Waals surface area contributed by atoms with Crippen molar-refractivity contribution < 1.29 is 9.59 Å². The number of benzene rings is 2. The van der Waals surface area contributed by atoms with Gasteiger partial charge in [-0.15, -0.1) is 0 Å². The third kappa shape index (κ3) is 5.98. The van der Waals surface area contributed by atoms with Crippen molar-refractivity contribution in [2.45, 2.75) is 19.8 Å². The molecule has 2 heterocycles. The largest absolute Gasteiger partial charge is 0.368 e. The smallest absolute Gasteiger partial charge is 0.274 e. The van der Waals surface area contributed by atoms with Crippen molar-refractivity contribution in [2.75, 3.05) is 44.2 Å². The Balaban J connectivity index is 1.34. The van der Waals surface area contributed by atoms with Crippen LogP contribution >= 0.6 is 0 Å². The highest BCUT2D eigenvalue weighted by molar-refractivity contribution is 5.92. The number of hydrogen-bond acceptors (Lipinski definition) is 5. The lowest BCUT2D eigenvalue weighted by Crippen LogP contribution is -2.49. The van der Waals surface area contributed by atoms with Crippen LogP contribution in [0.5, 0.6) is 0 Å². The zero-order valence-electron chi connectivity index (χ0n) is 19.6. The molecular weight excluding hydrogens is 426 g/mol. The molecule has 0 atom stereocenters. The minimum absolute atomic E-state index is 0.0843. The monoisotopic (exact) mass is 457 g/mol. The molecule has 0 N–H and O–H groups in total. The fourth-order valence-electron chi connectivity index (χ4n) is 4.30. The van der Waals surface area contributed by atoms with E-state index in [1.165, 1.54) is 23.6 Å². The molecule has 176 valence electrons. The maximum Gasteiger partial charge on any atom is 0.274 e. The summed E-state index contributed by atoms with van der Waals surface area (Å²) in [6.45, 7) is 6.00. The van der Waals surface area contributed by atoms with E-state index in [0.717, 1.165) is 25.1 Å². The van der Waals surface area contributed by atoms with Crippen LogP contribution in [-0.2, 0) is 11.2 Å². The van der Waals surface area contributed by atoms with E-state index < -0.39 is 0 Å². The molecule has 34 heavy (non-hydrogen) atoms. The quantitative estimate of drug-likeness (QED) is 0.520. The van der Waals surface area contributed by atoms with E-state index in [9.17, 15) is 9.59 Å². The standard InChI is InChI=1S/C27H31N5O2/c1-22-7-5-6-10-25(22)30-17-19-31(20-18-30)26(33)12-16-32(15-11-23-8-3-2-4-9-23)27(34)24-21-28-13-14-29-24/h2-10,13-14,21H,11-12,15-20H2,1H3. The number of piperazine rings is 1. The number of anilines is 1. The number of nitrogens with zero attached hydrogens (tertiary/aromatic N) is 5. The molecule has 0 radical (unpaired) electrons. The molecule has 7 heteroatoms. The first-order valence-electron chi connectivity index (χ1n) is 11.8. The summed E-state index contributed by atoms with van der Waals surface area (Å²) in [5.74, 6) is -0.109. The fourth-order valence-corrected chi connectivity index (χ4v) is 4.30. The van der Waals surface area contributed by atoms with E-state index in [4.69, 9.17) is 0 Å². The van der Waals surface area contributed by atoms with E-state index in [2.05, 4.69) is 40.0 Å². The average molecular weight is 458 g/mol. The van der Waals surface area contributed by atoms with Crippen LogP contribution in [0, 0.1) is 6.92 Å². The molecule has 3 aromatic rings. The molecular formula is C27H31N5O2. The highest BCUT2D eigenvalue weighted by atomic mass is 16.2. The molecule has 4 rings (SSSR count). The fraction of sp³-hybridized carbons (Fsp3) is 0.333. The highest BCUT2D eigenvalue weighted by Crippen LogP contribution is 2.21. The third-order valence-electron chi connectivity index (χ3n) is 6.27. The predicted octanol–water partition coefficient (Wildman–Crippen LogP) is 3.21. The summed E-state index contributed by atoms with van der Waals surface area (Å²) < 4.78 is 0. The first-order valence-corrected chi connectivity index (χ1v) is 11.8. The Bertz CT molecular complexity index is 1080. The van der Waals surface area contributed by atoms with Gasteiger partial charge in [0.25, 0.3) is 5.91 Å². The predicted molar refractivity (Wildman–Crippen MR) is 133 cm³/mol. The van der Waals surface area contributed by atoms with Gasteiger partial charge in [-0.25, -0.2) is 4.98 Å². The van der Waals surface area contributed by atoms with Gasteiger partial charge in [-0.3, -0.25) is 14.6 Å². The van der Waals surface area contributed by atoms with Crippen LogP contribution in [0.15, 0.2) is 73.2 Å². The summed E-state index contributed by atoms with van der Waals surface area (Å²) in [7, 11) is 0. The van der Waals surface area contributed by atoms with Gasteiger partial charge in [-0.1, -0.05) is 48.5 Å². The van der Waals surface area contributed by atoms with Gasteiger partial charge in [0.15, 0.2) is 0 Å². The Morgan fingerprint density at radius 3 is 2.35 bits per heavy atom. The Morgan fingerprint density at radius 1 is 0.912 bits per heavy atom.